The van der Waals surface area contributed by atoms with Crippen molar-refractivity contribution in [1.29, 1.82) is 5.26 Å². The first-order valence-electron chi connectivity index (χ1n) is 9.66. The molecular formula is C25H20Br2N2O2. The highest BCUT2D eigenvalue weighted by molar-refractivity contribution is 9.10. The summed E-state index contributed by atoms with van der Waals surface area (Å²) >= 11 is 6.92. The molecule has 0 bridgehead atoms. The van der Waals surface area contributed by atoms with E-state index in [0.29, 0.717) is 25.3 Å². The van der Waals surface area contributed by atoms with Crippen LogP contribution in [0.1, 0.15) is 16.7 Å². The summed E-state index contributed by atoms with van der Waals surface area (Å²) in [5.74, 6) is 0.302. The number of carbonyl (C=O) groups is 1. The van der Waals surface area contributed by atoms with Gasteiger partial charge in [-0.15, -0.1) is 0 Å². The van der Waals surface area contributed by atoms with E-state index in [0.717, 1.165) is 25.6 Å². The maximum absolute atomic E-state index is 12.4. The molecule has 0 aliphatic carbocycles. The summed E-state index contributed by atoms with van der Waals surface area (Å²) in [5, 5.41) is 12.2. The predicted molar refractivity (Wildman–Crippen MR) is 129 cm³/mol. The molecular weight excluding hydrogens is 520 g/mol. The summed E-state index contributed by atoms with van der Waals surface area (Å²) < 4.78 is 7.63. The van der Waals surface area contributed by atoms with Crippen LogP contribution in [0.4, 0.5) is 0 Å². The van der Waals surface area contributed by atoms with Crippen molar-refractivity contribution >= 4 is 43.8 Å². The molecule has 0 atom stereocenters. The zero-order chi connectivity index (χ0) is 22.1. The Morgan fingerprint density at radius 2 is 1.74 bits per heavy atom. The molecule has 6 heteroatoms. The molecule has 3 aromatic rings. The van der Waals surface area contributed by atoms with Crippen molar-refractivity contribution in [2.24, 2.45) is 0 Å². The third-order valence-corrected chi connectivity index (χ3v) is 5.63. The van der Waals surface area contributed by atoms with Crippen LogP contribution in [0, 0.1) is 11.3 Å². The van der Waals surface area contributed by atoms with Crippen LogP contribution < -0.4 is 10.1 Å². The van der Waals surface area contributed by atoms with E-state index in [4.69, 9.17) is 4.74 Å². The van der Waals surface area contributed by atoms with E-state index < -0.39 is 0 Å². The lowest BCUT2D eigenvalue weighted by Gasteiger charge is -2.09. The summed E-state index contributed by atoms with van der Waals surface area (Å²) in [6, 6.07) is 25.2. The Labute approximate surface area is 198 Å². The number of halogens is 2. The van der Waals surface area contributed by atoms with Gasteiger partial charge in [-0.25, -0.2) is 0 Å². The molecule has 0 aliphatic heterocycles. The second-order valence-electron chi connectivity index (χ2n) is 6.77. The van der Waals surface area contributed by atoms with Crippen LogP contribution in [0.5, 0.6) is 5.75 Å². The highest BCUT2D eigenvalue weighted by Gasteiger charge is 2.10. The molecule has 0 unspecified atom stereocenters. The first kappa shape index (κ1) is 22.8. The van der Waals surface area contributed by atoms with Crippen LogP contribution in [-0.2, 0) is 17.8 Å². The Morgan fingerprint density at radius 3 is 2.42 bits per heavy atom. The number of nitrogens with one attached hydrogen (secondary N) is 1. The summed E-state index contributed by atoms with van der Waals surface area (Å²) in [5.41, 5.74) is 2.98. The van der Waals surface area contributed by atoms with Gasteiger partial charge in [0.1, 0.15) is 24.0 Å². The van der Waals surface area contributed by atoms with Gasteiger partial charge in [-0.2, -0.15) is 5.26 Å². The fourth-order valence-electron chi connectivity index (χ4n) is 2.84. The SMILES string of the molecule is N#C/C(=C\c1ccc(OCc2ccc(Br)cc2)c(Br)c1)C(=O)NCCc1ccccc1. The van der Waals surface area contributed by atoms with E-state index in [1.165, 1.54) is 0 Å². The molecule has 3 rings (SSSR count). The fourth-order valence-corrected chi connectivity index (χ4v) is 3.62. The quantitative estimate of drug-likeness (QED) is 0.279. The monoisotopic (exact) mass is 538 g/mol. The molecule has 156 valence electrons. The van der Waals surface area contributed by atoms with Crippen molar-refractivity contribution in [2.45, 2.75) is 13.0 Å². The summed E-state index contributed by atoms with van der Waals surface area (Å²) in [6.07, 6.45) is 2.28. The van der Waals surface area contributed by atoms with E-state index in [1.54, 1.807) is 6.08 Å². The second kappa shape index (κ2) is 11.5. The Morgan fingerprint density at radius 1 is 1.00 bits per heavy atom. The van der Waals surface area contributed by atoms with Gasteiger partial charge >= 0.3 is 0 Å². The first-order valence-corrected chi connectivity index (χ1v) is 11.2. The number of hydrogen-bond acceptors (Lipinski definition) is 3. The van der Waals surface area contributed by atoms with Gasteiger partial charge in [-0.1, -0.05) is 64.5 Å². The molecule has 31 heavy (non-hydrogen) atoms. The summed E-state index contributed by atoms with van der Waals surface area (Å²) in [4.78, 5) is 12.4. The Kier molecular flexibility index (Phi) is 8.45. The van der Waals surface area contributed by atoms with Gasteiger partial charge < -0.3 is 10.1 Å². The smallest absolute Gasteiger partial charge is 0.261 e. The molecule has 0 saturated heterocycles. The van der Waals surface area contributed by atoms with E-state index in [9.17, 15) is 10.1 Å². The fraction of sp³-hybridized carbons (Fsp3) is 0.120. The van der Waals surface area contributed by atoms with Crippen molar-refractivity contribution in [3.05, 3.63) is 104 Å². The summed E-state index contributed by atoms with van der Waals surface area (Å²) in [7, 11) is 0. The van der Waals surface area contributed by atoms with E-state index >= 15 is 0 Å². The molecule has 1 amide bonds. The van der Waals surface area contributed by atoms with Crippen LogP contribution in [0.15, 0.2) is 87.3 Å². The van der Waals surface area contributed by atoms with Gasteiger partial charge in [0.05, 0.1) is 4.47 Å². The van der Waals surface area contributed by atoms with Crippen LogP contribution in [0.2, 0.25) is 0 Å². The minimum Gasteiger partial charge on any atom is -0.488 e. The molecule has 1 N–H and O–H groups in total. The maximum atomic E-state index is 12.4. The highest BCUT2D eigenvalue weighted by atomic mass is 79.9. The van der Waals surface area contributed by atoms with Crippen molar-refractivity contribution in [3.8, 4) is 11.8 Å². The lowest BCUT2D eigenvalue weighted by molar-refractivity contribution is -0.117. The molecule has 0 heterocycles. The number of nitrogens with zero attached hydrogens (tertiary/aromatic N) is 1. The molecule has 4 nitrogen and oxygen atoms in total. The largest absolute Gasteiger partial charge is 0.488 e. The Hall–Kier alpha value is -2.88. The molecule has 0 saturated carbocycles. The third kappa shape index (κ3) is 7.09. The first-order chi connectivity index (χ1) is 15.0. The lowest BCUT2D eigenvalue weighted by atomic mass is 10.1. The highest BCUT2D eigenvalue weighted by Crippen LogP contribution is 2.28. The molecule has 3 aromatic carbocycles. The van der Waals surface area contributed by atoms with Crippen LogP contribution >= 0.6 is 31.9 Å². The van der Waals surface area contributed by atoms with Gasteiger partial charge in [-0.05, 0) is 69.4 Å². The molecule has 0 aromatic heterocycles. The number of carbonyl (C=O) groups excluding carboxylic acids is 1. The van der Waals surface area contributed by atoms with Crippen molar-refractivity contribution < 1.29 is 9.53 Å². The minimum absolute atomic E-state index is 0.0588. The summed E-state index contributed by atoms with van der Waals surface area (Å²) in [6.45, 7) is 0.905. The predicted octanol–water partition coefficient (Wildman–Crippen LogP) is 6.06. The topological polar surface area (TPSA) is 62.1 Å². The average Bonchev–Trinajstić information content (AvgIpc) is 2.78. The van der Waals surface area contributed by atoms with Crippen molar-refractivity contribution in [2.75, 3.05) is 6.54 Å². The van der Waals surface area contributed by atoms with Crippen molar-refractivity contribution in [1.82, 2.24) is 5.32 Å². The number of rotatable bonds is 8. The van der Waals surface area contributed by atoms with Gasteiger partial charge in [0, 0.05) is 11.0 Å². The number of nitriles is 1. The zero-order valence-corrected chi connectivity index (χ0v) is 19.8. The van der Waals surface area contributed by atoms with Gasteiger partial charge in [0.15, 0.2) is 0 Å². The van der Waals surface area contributed by atoms with E-state index in [-0.39, 0.29) is 11.5 Å². The third-order valence-electron chi connectivity index (χ3n) is 4.48. The van der Waals surface area contributed by atoms with Crippen LogP contribution in [-0.4, -0.2) is 12.5 Å². The second-order valence-corrected chi connectivity index (χ2v) is 8.54. The van der Waals surface area contributed by atoms with Crippen molar-refractivity contribution in [3.63, 3.8) is 0 Å². The number of ether oxygens (including phenoxy) is 1. The molecule has 0 radical (unpaired) electrons. The van der Waals surface area contributed by atoms with Crippen LogP contribution in [0.3, 0.4) is 0 Å². The van der Waals surface area contributed by atoms with Gasteiger partial charge in [0.2, 0.25) is 0 Å². The van der Waals surface area contributed by atoms with E-state index in [1.807, 2.05) is 78.9 Å². The van der Waals surface area contributed by atoms with Crippen LogP contribution in [0.25, 0.3) is 6.08 Å². The van der Waals surface area contributed by atoms with Gasteiger partial charge in [0.25, 0.3) is 5.91 Å². The molecule has 0 fully saturated rings. The minimum atomic E-state index is -0.384. The number of benzene rings is 3. The normalized spacial score (nSPS) is 10.9. The Balaban J connectivity index is 1.59. The van der Waals surface area contributed by atoms with E-state index in [2.05, 4.69) is 37.2 Å². The standard InChI is InChI=1S/C25H20Br2N2O2/c26-22-9-6-19(7-10-22)17-31-24-11-8-20(15-23(24)27)14-21(16-28)25(30)29-13-12-18-4-2-1-3-5-18/h1-11,14-15H,12-13,17H2,(H,29,30)/b21-14+. The number of hydrogen-bond donors (Lipinski definition) is 1. The Bertz CT molecular complexity index is 1100. The molecule has 0 spiro atoms. The average molecular weight is 540 g/mol. The molecule has 0 aliphatic rings. The number of amides is 1. The lowest BCUT2D eigenvalue weighted by Crippen LogP contribution is -2.26. The maximum Gasteiger partial charge on any atom is 0.261 e. The zero-order valence-electron chi connectivity index (χ0n) is 16.6. The van der Waals surface area contributed by atoms with Gasteiger partial charge in [-0.3, -0.25) is 4.79 Å².